The minimum atomic E-state index is 0.0341. The molecule has 2 aromatic carbocycles. The van der Waals surface area contributed by atoms with Gasteiger partial charge in [0, 0.05) is 24.2 Å². The van der Waals surface area contributed by atoms with Crippen LogP contribution in [0.25, 0.3) is 6.08 Å². The summed E-state index contributed by atoms with van der Waals surface area (Å²) >= 11 is 0. The lowest BCUT2D eigenvalue weighted by molar-refractivity contribution is -0.127. The third kappa shape index (κ3) is 4.45. The maximum absolute atomic E-state index is 12.8. The number of hydrogen-bond donors (Lipinski definition) is 0. The van der Waals surface area contributed by atoms with Gasteiger partial charge in [-0.05, 0) is 55.7 Å². The minimum Gasteiger partial charge on any atom is -0.497 e. The first-order chi connectivity index (χ1) is 12.6. The minimum absolute atomic E-state index is 0.0341. The molecule has 3 rings (SSSR count). The van der Waals surface area contributed by atoms with Gasteiger partial charge in [-0.25, -0.2) is 0 Å². The van der Waals surface area contributed by atoms with Gasteiger partial charge >= 0.3 is 0 Å². The Kier molecular flexibility index (Phi) is 5.61. The Labute approximate surface area is 155 Å². The van der Waals surface area contributed by atoms with Gasteiger partial charge in [-0.3, -0.25) is 4.79 Å². The number of hydrogen-bond acceptors (Lipinski definition) is 3. The molecule has 4 heteroatoms. The monoisotopic (exact) mass is 351 g/mol. The van der Waals surface area contributed by atoms with Gasteiger partial charge in [-0.2, -0.15) is 0 Å². The molecule has 1 aliphatic carbocycles. The quantitative estimate of drug-likeness (QED) is 0.701. The molecule has 0 saturated heterocycles. The van der Waals surface area contributed by atoms with Gasteiger partial charge in [0.25, 0.3) is 0 Å². The molecule has 136 valence electrons. The maximum atomic E-state index is 12.8. The van der Waals surface area contributed by atoms with Crippen molar-refractivity contribution in [3.8, 4) is 11.5 Å². The van der Waals surface area contributed by atoms with Gasteiger partial charge in [0.2, 0.25) is 5.91 Å². The first-order valence-electron chi connectivity index (χ1n) is 8.87. The SMILES string of the molecule is COc1ccc(CN(C(=O)C=Cc2cc(C)ccc2OC)C2CC2)cc1. The van der Waals surface area contributed by atoms with E-state index >= 15 is 0 Å². The number of aryl methyl sites for hydroxylation is 1. The van der Waals surface area contributed by atoms with E-state index < -0.39 is 0 Å². The lowest BCUT2D eigenvalue weighted by atomic mass is 10.1. The van der Waals surface area contributed by atoms with Gasteiger partial charge in [-0.1, -0.05) is 23.8 Å². The molecule has 0 spiro atoms. The predicted molar refractivity (Wildman–Crippen MR) is 103 cm³/mol. The number of rotatable bonds is 7. The molecule has 0 radical (unpaired) electrons. The van der Waals surface area contributed by atoms with E-state index in [0.29, 0.717) is 12.6 Å². The Bertz CT molecular complexity index is 792. The van der Waals surface area contributed by atoms with Crippen molar-refractivity contribution in [2.45, 2.75) is 32.4 Å². The van der Waals surface area contributed by atoms with Crippen molar-refractivity contribution < 1.29 is 14.3 Å². The highest BCUT2D eigenvalue weighted by Crippen LogP contribution is 2.29. The number of benzene rings is 2. The van der Waals surface area contributed by atoms with Crippen molar-refractivity contribution in [2.75, 3.05) is 14.2 Å². The van der Waals surface area contributed by atoms with Gasteiger partial charge in [0.1, 0.15) is 11.5 Å². The van der Waals surface area contributed by atoms with E-state index in [4.69, 9.17) is 9.47 Å². The Hall–Kier alpha value is -2.75. The highest BCUT2D eigenvalue weighted by Gasteiger charge is 2.31. The zero-order valence-electron chi connectivity index (χ0n) is 15.6. The molecular formula is C22H25NO3. The summed E-state index contributed by atoms with van der Waals surface area (Å²) in [5, 5.41) is 0. The maximum Gasteiger partial charge on any atom is 0.247 e. The van der Waals surface area contributed by atoms with Gasteiger partial charge < -0.3 is 14.4 Å². The topological polar surface area (TPSA) is 38.8 Å². The number of nitrogens with zero attached hydrogens (tertiary/aromatic N) is 1. The molecule has 0 bridgehead atoms. The zero-order chi connectivity index (χ0) is 18.5. The summed E-state index contributed by atoms with van der Waals surface area (Å²) in [4.78, 5) is 14.7. The number of carbonyl (C=O) groups is 1. The fourth-order valence-corrected chi connectivity index (χ4v) is 2.94. The smallest absolute Gasteiger partial charge is 0.247 e. The van der Waals surface area contributed by atoms with Crippen LogP contribution in [0.4, 0.5) is 0 Å². The summed E-state index contributed by atoms with van der Waals surface area (Å²) in [6.45, 7) is 2.64. The summed E-state index contributed by atoms with van der Waals surface area (Å²) in [5.41, 5.74) is 3.16. The van der Waals surface area contributed by atoms with Crippen molar-refractivity contribution in [3.63, 3.8) is 0 Å². The molecule has 0 aromatic heterocycles. The van der Waals surface area contributed by atoms with Crippen molar-refractivity contribution in [2.24, 2.45) is 0 Å². The second kappa shape index (κ2) is 8.09. The highest BCUT2D eigenvalue weighted by atomic mass is 16.5. The molecule has 2 aromatic rings. The molecule has 0 heterocycles. The standard InChI is InChI=1S/C22H25NO3/c1-16-4-12-21(26-3)18(14-16)7-13-22(24)23(19-8-9-19)15-17-5-10-20(25-2)11-6-17/h4-7,10-14,19H,8-9,15H2,1-3H3. The van der Waals surface area contributed by atoms with Crippen LogP contribution in [0.3, 0.4) is 0 Å². The van der Waals surface area contributed by atoms with Gasteiger partial charge in [-0.15, -0.1) is 0 Å². The molecule has 1 amide bonds. The van der Waals surface area contributed by atoms with E-state index in [1.54, 1.807) is 20.3 Å². The molecule has 0 unspecified atom stereocenters. The molecule has 26 heavy (non-hydrogen) atoms. The van der Waals surface area contributed by atoms with E-state index in [2.05, 4.69) is 0 Å². The third-order valence-corrected chi connectivity index (χ3v) is 4.57. The highest BCUT2D eigenvalue weighted by molar-refractivity contribution is 5.92. The first kappa shape index (κ1) is 18.1. The number of ether oxygens (including phenoxy) is 2. The van der Waals surface area contributed by atoms with E-state index in [-0.39, 0.29) is 5.91 Å². The predicted octanol–water partition coefficient (Wildman–Crippen LogP) is 4.22. The van der Waals surface area contributed by atoms with Crippen LogP contribution in [-0.4, -0.2) is 31.1 Å². The second-order valence-electron chi connectivity index (χ2n) is 6.62. The Balaban J connectivity index is 1.74. The fourth-order valence-electron chi connectivity index (χ4n) is 2.94. The van der Waals surface area contributed by atoms with E-state index in [1.165, 1.54) is 0 Å². The van der Waals surface area contributed by atoms with Crippen LogP contribution in [0.5, 0.6) is 11.5 Å². The van der Waals surface area contributed by atoms with Crippen molar-refractivity contribution >= 4 is 12.0 Å². The summed E-state index contributed by atoms with van der Waals surface area (Å²) in [6.07, 6.45) is 5.64. The van der Waals surface area contributed by atoms with E-state index in [0.717, 1.165) is 41.0 Å². The van der Waals surface area contributed by atoms with Crippen LogP contribution in [-0.2, 0) is 11.3 Å². The molecule has 1 aliphatic rings. The molecule has 1 saturated carbocycles. The van der Waals surface area contributed by atoms with Crippen LogP contribution >= 0.6 is 0 Å². The summed E-state index contributed by atoms with van der Waals surface area (Å²) in [5.74, 6) is 1.63. The van der Waals surface area contributed by atoms with Crippen LogP contribution in [0.1, 0.15) is 29.5 Å². The summed E-state index contributed by atoms with van der Waals surface area (Å²) in [6, 6.07) is 14.2. The Morgan fingerprint density at radius 1 is 1.12 bits per heavy atom. The van der Waals surface area contributed by atoms with Crippen LogP contribution < -0.4 is 9.47 Å². The van der Waals surface area contributed by atoms with E-state index in [9.17, 15) is 4.79 Å². The average molecular weight is 351 g/mol. The first-order valence-corrected chi connectivity index (χ1v) is 8.87. The molecule has 0 N–H and O–H groups in total. The lowest BCUT2D eigenvalue weighted by Gasteiger charge is -2.21. The van der Waals surface area contributed by atoms with E-state index in [1.807, 2.05) is 60.4 Å². The lowest BCUT2D eigenvalue weighted by Crippen LogP contribution is -2.31. The second-order valence-corrected chi connectivity index (χ2v) is 6.62. The largest absolute Gasteiger partial charge is 0.497 e. The fraction of sp³-hybridized carbons (Fsp3) is 0.318. The van der Waals surface area contributed by atoms with Crippen LogP contribution in [0.2, 0.25) is 0 Å². The Morgan fingerprint density at radius 2 is 1.85 bits per heavy atom. The summed E-state index contributed by atoms with van der Waals surface area (Å²) in [7, 11) is 3.30. The third-order valence-electron chi connectivity index (χ3n) is 4.57. The molecule has 4 nitrogen and oxygen atoms in total. The van der Waals surface area contributed by atoms with Crippen molar-refractivity contribution in [3.05, 3.63) is 65.2 Å². The molecular weight excluding hydrogens is 326 g/mol. The molecule has 0 atom stereocenters. The summed E-state index contributed by atoms with van der Waals surface area (Å²) < 4.78 is 10.6. The van der Waals surface area contributed by atoms with Crippen molar-refractivity contribution in [1.82, 2.24) is 4.90 Å². The van der Waals surface area contributed by atoms with Crippen molar-refractivity contribution in [1.29, 1.82) is 0 Å². The normalized spacial score (nSPS) is 13.7. The Morgan fingerprint density at radius 3 is 2.46 bits per heavy atom. The van der Waals surface area contributed by atoms with Crippen LogP contribution in [0.15, 0.2) is 48.5 Å². The molecule has 0 aliphatic heterocycles. The number of amides is 1. The van der Waals surface area contributed by atoms with Gasteiger partial charge in [0.15, 0.2) is 0 Å². The zero-order valence-corrected chi connectivity index (χ0v) is 15.6. The average Bonchev–Trinajstić information content (AvgIpc) is 3.50. The number of carbonyl (C=O) groups excluding carboxylic acids is 1. The van der Waals surface area contributed by atoms with Gasteiger partial charge in [0.05, 0.1) is 14.2 Å². The molecule has 1 fully saturated rings. The number of methoxy groups -OCH3 is 2. The van der Waals surface area contributed by atoms with Crippen LogP contribution in [0, 0.1) is 6.92 Å².